The van der Waals surface area contributed by atoms with Crippen molar-refractivity contribution >= 4 is 5.91 Å². The largest absolute Gasteiger partial charge is 0.368 e. The van der Waals surface area contributed by atoms with Crippen LogP contribution in [0.2, 0.25) is 0 Å². The molecule has 0 saturated carbocycles. The Labute approximate surface area is 109 Å². The summed E-state index contributed by atoms with van der Waals surface area (Å²) in [5.41, 5.74) is 0.502. The number of piperidine rings is 1. The molecule has 4 heteroatoms. The Hall–Kier alpha value is -0.610. The highest BCUT2D eigenvalue weighted by Gasteiger charge is 2.41. The minimum atomic E-state index is -0.134. The molecule has 3 aliphatic rings. The van der Waals surface area contributed by atoms with E-state index in [1.807, 2.05) is 4.90 Å². The summed E-state index contributed by atoms with van der Waals surface area (Å²) in [5, 5.41) is 0. The van der Waals surface area contributed by atoms with E-state index in [1.165, 1.54) is 32.4 Å². The van der Waals surface area contributed by atoms with Crippen molar-refractivity contribution in [3.8, 4) is 0 Å². The zero-order valence-corrected chi connectivity index (χ0v) is 11.4. The molecule has 3 saturated heterocycles. The van der Waals surface area contributed by atoms with Crippen LogP contribution >= 0.6 is 0 Å². The second kappa shape index (κ2) is 4.82. The minimum absolute atomic E-state index is 0.134. The number of ether oxygens (including phenoxy) is 1. The van der Waals surface area contributed by atoms with Crippen molar-refractivity contribution in [1.29, 1.82) is 0 Å². The lowest BCUT2D eigenvalue weighted by Crippen LogP contribution is -2.47. The molecule has 102 valence electrons. The van der Waals surface area contributed by atoms with Crippen LogP contribution < -0.4 is 0 Å². The number of nitrogens with zero attached hydrogens (tertiary/aromatic N) is 2. The van der Waals surface area contributed by atoms with Gasteiger partial charge in [0.1, 0.15) is 6.10 Å². The summed E-state index contributed by atoms with van der Waals surface area (Å²) < 4.78 is 5.50. The van der Waals surface area contributed by atoms with Gasteiger partial charge in [0.2, 0.25) is 0 Å². The molecule has 1 spiro atoms. The zero-order valence-electron chi connectivity index (χ0n) is 11.4. The van der Waals surface area contributed by atoms with Gasteiger partial charge < -0.3 is 14.5 Å². The number of carbonyl (C=O) groups excluding carboxylic acids is 1. The molecule has 0 N–H and O–H groups in total. The second-order valence-electron chi connectivity index (χ2n) is 6.31. The molecule has 0 bridgehead atoms. The average molecular weight is 252 g/mol. The Kier molecular flexibility index (Phi) is 3.32. The zero-order chi connectivity index (χ0) is 12.6. The fourth-order valence-corrected chi connectivity index (χ4v) is 3.74. The molecule has 3 fully saturated rings. The molecule has 18 heavy (non-hydrogen) atoms. The van der Waals surface area contributed by atoms with E-state index in [2.05, 4.69) is 11.9 Å². The summed E-state index contributed by atoms with van der Waals surface area (Å²) in [6.07, 6.45) is 5.49. The SMILES string of the molecule is CN1CCC2(CCN(C(=O)[C@H]3CCCO3)CC2)C1. The Balaban J connectivity index is 1.55. The molecule has 1 amide bonds. The van der Waals surface area contributed by atoms with Gasteiger partial charge in [-0.2, -0.15) is 0 Å². The van der Waals surface area contributed by atoms with Crippen LogP contribution in [0.4, 0.5) is 0 Å². The molecule has 3 heterocycles. The highest BCUT2D eigenvalue weighted by Crippen LogP contribution is 2.40. The first-order chi connectivity index (χ1) is 8.69. The fraction of sp³-hybridized carbons (Fsp3) is 0.929. The third-order valence-corrected chi connectivity index (χ3v) is 4.97. The lowest BCUT2D eigenvalue weighted by Gasteiger charge is -2.40. The van der Waals surface area contributed by atoms with Gasteiger partial charge >= 0.3 is 0 Å². The molecule has 0 aliphatic carbocycles. The third kappa shape index (κ3) is 2.28. The van der Waals surface area contributed by atoms with E-state index >= 15 is 0 Å². The van der Waals surface area contributed by atoms with Crippen molar-refractivity contribution in [2.24, 2.45) is 5.41 Å². The number of hydrogen-bond acceptors (Lipinski definition) is 3. The van der Waals surface area contributed by atoms with Crippen LogP contribution in [0.3, 0.4) is 0 Å². The lowest BCUT2D eigenvalue weighted by atomic mass is 9.77. The van der Waals surface area contributed by atoms with Crippen LogP contribution in [0.25, 0.3) is 0 Å². The maximum atomic E-state index is 12.3. The first-order valence-electron chi connectivity index (χ1n) is 7.28. The van der Waals surface area contributed by atoms with Gasteiger partial charge in [0.25, 0.3) is 5.91 Å². The number of likely N-dealkylation sites (tertiary alicyclic amines) is 2. The molecule has 0 radical (unpaired) electrons. The maximum absolute atomic E-state index is 12.3. The number of hydrogen-bond donors (Lipinski definition) is 0. The Morgan fingerprint density at radius 1 is 1.22 bits per heavy atom. The van der Waals surface area contributed by atoms with Gasteiger partial charge in [-0.25, -0.2) is 0 Å². The van der Waals surface area contributed by atoms with E-state index in [9.17, 15) is 4.79 Å². The Morgan fingerprint density at radius 3 is 2.50 bits per heavy atom. The fourth-order valence-electron chi connectivity index (χ4n) is 3.74. The van der Waals surface area contributed by atoms with E-state index in [4.69, 9.17) is 4.74 Å². The van der Waals surface area contributed by atoms with Crippen LogP contribution in [0.5, 0.6) is 0 Å². The Bertz CT molecular complexity index is 318. The predicted octanol–water partition coefficient (Wildman–Crippen LogP) is 1.11. The number of amides is 1. The van der Waals surface area contributed by atoms with E-state index in [1.54, 1.807) is 0 Å². The maximum Gasteiger partial charge on any atom is 0.251 e. The van der Waals surface area contributed by atoms with Gasteiger partial charge in [0.15, 0.2) is 0 Å². The average Bonchev–Trinajstić information content (AvgIpc) is 3.00. The summed E-state index contributed by atoms with van der Waals surface area (Å²) in [6, 6.07) is 0. The molecular formula is C14H24N2O2. The van der Waals surface area contributed by atoms with Crippen molar-refractivity contribution in [3.05, 3.63) is 0 Å². The quantitative estimate of drug-likeness (QED) is 0.701. The third-order valence-electron chi connectivity index (χ3n) is 4.97. The number of rotatable bonds is 1. The molecule has 1 atom stereocenters. The van der Waals surface area contributed by atoms with E-state index in [0.717, 1.165) is 32.5 Å². The van der Waals surface area contributed by atoms with Crippen LogP contribution in [0.15, 0.2) is 0 Å². The van der Waals surface area contributed by atoms with Crippen LogP contribution in [-0.2, 0) is 9.53 Å². The molecule has 3 rings (SSSR count). The second-order valence-corrected chi connectivity index (χ2v) is 6.31. The highest BCUT2D eigenvalue weighted by molar-refractivity contribution is 5.81. The summed E-state index contributed by atoms with van der Waals surface area (Å²) in [4.78, 5) is 16.7. The first-order valence-corrected chi connectivity index (χ1v) is 7.28. The smallest absolute Gasteiger partial charge is 0.251 e. The summed E-state index contributed by atoms with van der Waals surface area (Å²) in [6.45, 7) is 5.08. The topological polar surface area (TPSA) is 32.8 Å². The molecule has 0 aromatic heterocycles. The lowest BCUT2D eigenvalue weighted by molar-refractivity contribution is -0.143. The summed E-state index contributed by atoms with van der Waals surface area (Å²) >= 11 is 0. The summed E-state index contributed by atoms with van der Waals surface area (Å²) in [5.74, 6) is 0.244. The van der Waals surface area contributed by atoms with Gasteiger partial charge in [-0.1, -0.05) is 0 Å². The highest BCUT2D eigenvalue weighted by atomic mass is 16.5. The van der Waals surface area contributed by atoms with Crippen molar-refractivity contribution in [2.45, 2.75) is 38.2 Å². The summed E-state index contributed by atoms with van der Waals surface area (Å²) in [7, 11) is 2.21. The number of carbonyl (C=O) groups is 1. The van der Waals surface area contributed by atoms with E-state index in [-0.39, 0.29) is 12.0 Å². The van der Waals surface area contributed by atoms with Crippen LogP contribution in [-0.4, -0.2) is 61.6 Å². The van der Waals surface area contributed by atoms with Crippen molar-refractivity contribution in [2.75, 3.05) is 39.8 Å². The first kappa shape index (κ1) is 12.4. The molecule has 0 aromatic rings. The van der Waals surface area contributed by atoms with E-state index in [0.29, 0.717) is 5.41 Å². The molecular weight excluding hydrogens is 228 g/mol. The minimum Gasteiger partial charge on any atom is -0.368 e. The van der Waals surface area contributed by atoms with Crippen LogP contribution in [0.1, 0.15) is 32.1 Å². The van der Waals surface area contributed by atoms with Gasteiger partial charge in [-0.3, -0.25) is 4.79 Å². The van der Waals surface area contributed by atoms with Crippen molar-refractivity contribution in [1.82, 2.24) is 9.80 Å². The monoisotopic (exact) mass is 252 g/mol. The van der Waals surface area contributed by atoms with Gasteiger partial charge in [0, 0.05) is 26.2 Å². The van der Waals surface area contributed by atoms with Crippen LogP contribution in [0, 0.1) is 5.41 Å². The Morgan fingerprint density at radius 2 is 1.94 bits per heavy atom. The molecule has 0 aromatic carbocycles. The molecule has 4 nitrogen and oxygen atoms in total. The van der Waals surface area contributed by atoms with Gasteiger partial charge in [0.05, 0.1) is 0 Å². The van der Waals surface area contributed by atoms with Crippen molar-refractivity contribution in [3.63, 3.8) is 0 Å². The van der Waals surface area contributed by atoms with Crippen molar-refractivity contribution < 1.29 is 9.53 Å². The van der Waals surface area contributed by atoms with Gasteiger partial charge in [-0.15, -0.1) is 0 Å². The van der Waals surface area contributed by atoms with E-state index < -0.39 is 0 Å². The predicted molar refractivity (Wildman–Crippen MR) is 69.3 cm³/mol. The standard InChI is InChI=1S/C14H24N2O2/c1-15-7-4-14(11-15)5-8-16(9-6-14)13(17)12-3-2-10-18-12/h12H,2-11H2,1H3/t12-/m1/s1. The van der Waals surface area contributed by atoms with Gasteiger partial charge in [-0.05, 0) is 51.1 Å². The molecule has 0 unspecified atom stereocenters. The normalized spacial score (nSPS) is 32.3. The molecule has 3 aliphatic heterocycles.